The monoisotopic (exact) mass is 419 g/mol. The maximum atomic E-state index is 12.5. The summed E-state index contributed by atoms with van der Waals surface area (Å²) < 4.78 is 27.0. The largest absolute Gasteiger partial charge is 0.332 e. The molecule has 4 rings (SSSR count). The molecule has 2 aliphatic carbocycles. The van der Waals surface area contributed by atoms with Gasteiger partial charge in [0.2, 0.25) is 10.0 Å². The standard InChI is InChI=1S/C22H33N3O3S/c1-16-9-12-25(13-10-16)11-4-14-29(27,28)24-22(26)23-21-19-7-2-5-17(19)15-18-6-3-8-20(18)21/h15-16H,2-14H2,1H3,(H2,23,24,26). The zero-order chi connectivity index (χ0) is 20.4. The van der Waals surface area contributed by atoms with Crippen LogP contribution in [0.3, 0.4) is 0 Å². The second kappa shape index (κ2) is 8.64. The molecule has 6 nitrogen and oxygen atoms in total. The van der Waals surface area contributed by atoms with Crippen molar-refractivity contribution in [3.05, 3.63) is 28.3 Å². The third kappa shape index (κ3) is 4.94. The van der Waals surface area contributed by atoms with Gasteiger partial charge < -0.3 is 10.2 Å². The summed E-state index contributed by atoms with van der Waals surface area (Å²) in [5.41, 5.74) is 5.93. The Morgan fingerprint density at radius 3 is 2.31 bits per heavy atom. The highest BCUT2D eigenvalue weighted by Gasteiger charge is 2.26. The van der Waals surface area contributed by atoms with E-state index in [1.807, 2.05) is 0 Å². The molecule has 0 aromatic heterocycles. The molecule has 0 radical (unpaired) electrons. The number of sulfonamides is 1. The van der Waals surface area contributed by atoms with E-state index in [4.69, 9.17) is 0 Å². The Hall–Kier alpha value is -1.60. The highest BCUT2D eigenvalue weighted by molar-refractivity contribution is 7.90. The number of nitrogens with zero attached hydrogens (tertiary/aromatic N) is 1. The Morgan fingerprint density at radius 2 is 1.69 bits per heavy atom. The minimum atomic E-state index is -3.63. The lowest BCUT2D eigenvalue weighted by Crippen LogP contribution is -2.38. The number of nitrogens with one attached hydrogen (secondary N) is 2. The quantitative estimate of drug-likeness (QED) is 0.742. The second-order valence-corrected chi connectivity index (χ2v) is 10.8. The van der Waals surface area contributed by atoms with E-state index in [1.54, 1.807) is 0 Å². The van der Waals surface area contributed by atoms with Crippen LogP contribution in [-0.2, 0) is 35.7 Å². The van der Waals surface area contributed by atoms with E-state index in [0.717, 1.165) is 69.8 Å². The summed E-state index contributed by atoms with van der Waals surface area (Å²) in [5, 5.41) is 2.90. The molecule has 1 aliphatic heterocycles. The van der Waals surface area contributed by atoms with Gasteiger partial charge in [0.1, 0.15) is 0 Å². The number of piperidine rings is 1. The fourth-order valence-corrected chi connectivity index (χ4v) is 6.01. The Labute approximate surface area is 174 Å². The van der Waals surface area contributed by atoms with Gasteiger partial charge in [-0.25, -0.2) is 17.9 Å². The number of aryl methyl sites for hydroxylation is 2. The van der Waals surface area contributed by atoms with Crippen LogP contribution in [0.5, 0.6) is 0 Å². The van der Waals surface area contributed by atoms with Crippen LogP contribution < -0.4 is 10.0 Å². The number of amides is 2. The molecule has 2 amide bonds. The zero-order valence-electron chi connectivity index (χ0n) is 17.4. The lowest BCUT2D eigenvalue weighted by molar-refractivity contribution is 0.193. The van der Waals surface area contributed by atoms with Gasteiger partial charge in [-0.15, -0.1) is 0 Å². The molecule has 1 saturated heterocycles. The fourth-order valence-electron chi connectivity index (χ4n) is 5.06. The molecule has 0 spiro atoms. The first kappa shape index (κ1) is 20.7. The first-order chi connectivity index (χ1) is 13.9. The van der Waals surface area contributed by atoms with Gasteiger partial charge in [-0.3, -0.25) is 0 Å². The fraction of sp³-hybridized carbons (Fsp3) is 0.682. The van der Waals surface area contributed by atoms with Gasteiger partial charge >= 0.3 is 6.03 Å². The van der Waals surface area contributed by atoms with Crippen molar-refractivity contribution in [2.45, 2.75) is 64.7 Å². The highest BCUT2D eigenvalue weighted by atomic mass is 32.2. The van der Waals surface area contributed by atoms with Gasteiger partial charge in [0, 0.05) is 5.69 Å². The number of fused-ring (bicyclic) bond motifs is 2. The second-order valence-electron chi connectivity index (χ2n) is 8.99. The molecular weight excluding hydrogens is 386 g/mol. The number of anilines is 1. The SMILES string of the molecule is CC1CCN(CCCS(=O)(=O)NC(=O)Nc2c3c(cc4c2CCC4)CCC3)CC1. The number of hydrogen-bond donors (Lipinski definition) is 2. The molecule has 7 heteroatoms. The molecule has 2 N–H and O–H groups in total. The van der Waals surface area contributed by atoms with Gasteiger partial charge in [0.25, 0.3) is 0 Å². The van der Waals surface area contributed by atoms with Crippen LogP contribution in [0.25, 0.3) is 0 Å². The minimum Gasteiger partial charge on any atom is -0.307 e. The van der Waals surface area contributed by atoms with Gasteiger partial charge in [0.05, 0.1) is 5.75 Å². The molecule has 1 fully saturated rings. The van der Waals surface area contributed by atoms with Crippen LogP contribution in [0.1, 0.15) is 61.3 Å². The van der Waals surface area contributed by atoms with Crippen LogP contribution in [-0.4, -0.2) is 44.7 Å². The van der Waals surface area contributed by atoms with Gasteiger partial charge in [-0.05, 0) is 106 Å². The summed E-state index contributed by atoms with van der Waals surface area (Å²) in [4.78, 5) is 14.8. The van der Waals surface area contributed by atoms with Crippen LogP contribution in [0.15, 0.2) is 6.07 Å². The first-order valence-electron chi connectivity index (χ1n) is 11.1. The van der Waals surface area contributed by atoms with Crippen LogP contribution in [0.4, 0.5) is 10.5 Å². The molecule has 1 aromatic rings. The van der Waals surface area contributed by atoms with E-state index in [2.05, 4.69) is 27.9 Å². The predicted octanol–water partition coefficient (Wildman–Crippen LogP) is 3.24. The van der Waals surface area contributed by atoms with E-state index in [1.165, 1.54) is 35.1 Å². The lowest BCUT2D eigenvalue weighted by atomic mass is 9.99. The molecule has 0 atom stereocenters. The number of hydrogen-bond acceptors (Lipinski definition) is 4. The van der Waals surface area contributed by atoms with Crippen LogP contribution in [0, 0.1) is 5.92 Å². The van der Waals surface area contributed by atoms with E-state index in [-0.39, 0.29) is 5.75 Å². The number of carbonyl (C=O) groups excluding carboxylic acids is 1. The summed E-state index contributed by atoms with van der Waals surface area (Å²) in [6.07, 6.45) is 9.12. The molecular formula is C22H33N3O3S. The zero-order valence-corrected chi connectivity index (χ0v) is 18.2. The van der Waals surface area contributed by atoms with E-state index >= 15 is 0 Å². The third-order valence-electron chi connectivity index (χ3n) is 6.72. The van der Waals surface area contributed by atoms with Gasteiger partial charge in [0.15, 0.2) is 0 Å². The topological polar surface area (TPSA) is 78.5 Å². The third-order valence-corrected chi connectivity index (χ3v) is 8.05. The summed E-state index contributed by atoms with van der Waals surface area (Å²) >= 11 is 0. The average molecular weight is 420 g/mol. The van der Waals surface area contributed by atoms with Crippen molar-refractivity contribution < 1.29 is 13.2 Å². The summed E-state index contributed by atoms with van der Waals surface area (Å²) in [7, 11) is -3.63. The summed E-state index contributed by atoms with van der Waals surface area (Å²) in [5.74, 6) is 0.749. The van der Waals surface area contributed by atoms with E-state index in [9.17, 15) is 13.2 Å². The van der Waals surface area contributed by atoms with Crippen molar-refractivity contribution in [2.24, 2.45) is 5.92 Å². The Bertz CT molecular complexity index is 842. The summed E-state index contributed by atoms with van der Waals surface area (Å²) in [6, 6.07) is 1.68. The molecule has 3 aliphatic rings. The normalized spacial score (nSPS) is 19.8. The number of carbonyl (C=O) groups is 1. The minimum absolute atomic E-state index is 0.0164. The number of benzene rings is 1. The molecule has 0 saturated carbocycles. The van der Waals surface area contributed by atoms with E-state index in [0.29, 0.717) is 6.42 Å². The molecule has 0 bridgehead atoms. The van der Waals surface area contributed by atoms with Crippen molar-refractivity contribution >= 4 is 21.7 Å². The molecule has 1 heterocycles. The Morgan fingerprint density at radius 1 is 1.07 bits per heavy atom. The van der Waals surface area contributed by atoms with E-state index < -0.39 is 16.1 Å². The average Bonchev–Trinajstić information content (AvgIpc) is 3.31. The van der Waals surface area contributed by atoms with Crippen molar-refractivity contribution in [3.63, 3.8) is 0 Å². The van der Waals surface area contributed by atoms with Crippen LogP contribution in [0.2, 0.25) is 0 Å². The Balaban J connectivity index is 1.33. The maximum Gasteiger partial charge on any atom is 0.332 e. The molecule has 0 unspecified atom stereocenters. The smallest absolute Gasteiger partial charge is 0.307 e. The van der Waals surface area contributed by atoms with Crippen molar-refractivity contribution in [2.75, 3.05) is 30.7 Å². The molecule has 29 heavy (non-hydrogen) atoms. The lowest BCUT2D eigenvalue weighted by Gasteiger charge is -2.30. The molecule has 160 valence electrons. The van der Waals surface area contributed by atoms with Gasteiger partial charge in [-0.2, -0.15) is 0 Å². The number of rotatable bonds is 6. The predicted molar refractivity (Wildman–Crippen MR) is 116 cm³/mol. The summed E-state index contributed by atoms with van der Waals surface area (Å²) in [6.45, 7) is 5.12. The van der Waals surface area contributed by atoms with Crippen LogP contribution >= 0.6 is 0 Å². The maximum absolute atomic E-state index is 12.5. The number of likely N-dealkylation sites (tertiary alicyclic amines) is 1. The van der Waals surface area contributed by atoms with Crippen molar-refractivity contribution in [3.8, 4) is 0 Å². The Kier molecular flexibility index (Phi) is 6.16. The van der Waals surface area contributed by atoms with Crippen molar-refractivity contribution in [1.29, 1.82) is 0 Å². The highest BCUT2D eigenvalue weighted by Crippen LogP contribution is 2.38. The van der Waals surface area contributed by atoms with Gasteiger partial charge in [-0.1, -0.05) is 13.0 Å². The molecule has 1 aromatic carbocycles. The first-order valence-corrected chi connectivity index (χ1v) is 12.8. The number of urea groups is 1. The van der Waals surface area contributed by atoms with Crippen molar-refractivity contribution in [1.82, 2.24) is 9.62 Å².